The van der Waals surface area contributed by atoms with Crippen LogP contribution in [-0.2, 0) is 9.53 Å². The lowest BCUT2D eigenvalue weighted by molar-refractivity contribution is -0.138. The third kappa shape index (κ3) is 4.56. The van der Waals surface area contributed by atoms with E-state index in [1.54, 1.807) is 21.1 Å². The number of hydrogen-bond donors (Lipinski definition) is 1. The summed E-state index contributed by atoms with van der Waals surface area (Å²) in [6, 6.07) is 17.7. The molecule has 0 saturated heterocycles. The van der Waals surface area contributed by atoms with Gasteiger partial charge in [-0.15, -0.1) is 0 Å². The number of aryl methyl sites for hydroxylation is 1. The number of esters is 1. The molecule has 0 aliphatic rings. The lowest BCUT2D eigenvalue weighted by Crippen LogP contribution is -2.13. The fourth-order valence-corrected chi connectivity index (χ4v) is 3.53. The van der Waals surface area contributed by atoms with Crippen LogP contribution in [0.5, 0.6) is 11.5 Å². The van der Waals surface area contributed by atoms with Gasteiger partial charge in [0.25, 0.3) is 0 Å². The van der Waals surface area contributed by atoms with E-state index in [0.717, 1.165) is 27.6 Å². The minimum absolute atomic E-state index is 0.274. The molecule has 0 aromatic heterocycles. The van der Waals surface area contributed by atoms with Crippen LogP contribution in [0, 0.1) is 6.92 Å². The Labute approximate surface area is 182 Å². The molecule has 3 aromatic carbocycles. The summed E-state index contributed by atoms with van der Waals surface area (Å²) >= 11 is 0. The van der Waals surface area contributed by atoms with Gasteiger partial charge in [0, 0.05) is 17.3 Å². The van der Waals surface area contributed by atoms with Crippen molar-refractivity contribution in [3.8, 4) is 11.5 Å². The van der Waals surface area contributed by atoms with Gasteiger partial charge in [0.15, 0.2) is 11.5 Å². The highest BCUT2D eigenvalue weighted by molar-refractivity contribution is 6.04. The lowest BCUT2D eigenvalue weighted by Gasteiger charge is -2.19. The number of anilines is 1. The van der Waals surface area contributed by atoms with E-state index in [0.29, 0.717) is 22.8 Å². The zero-order chi connectivity index (χ0) is 22.4. The topological polar surface area (TPSA) is 56.8 Å². The summed E-state index contributed by atoms with van der Waals surface area (Å²) in [6.07, 6.45) is 1.52. The highest BCUT2D eigenvalue weighted by Crippen LogP contribution is 2.34. The molecular weight excluding hydrogens is 390 g/mol. The van der Waals surface area contributed by atoms with Gasteiger partial charge in [-0.1, -0.05) is 49.1 Å². The van der Waals surface area contributed by atoms with Crippen molar-refractivity contribution in [3.05, 3.63) is 84.0 Å². The average Bonchev–Trinajstić information content (AvgIpc) is 2.79. The molecule has 5 nitrogen and oxygen atoms in total. The molecule has 0 radical (unpaired) electrons. The highest BCUT2D eigenvalue weighted by atomic mass is 16.5. The van der Waals surface area contributed by atoms with Crippen LogP contribution in [0.1, 0.15) is 18.1 Å². The standard InChI is InChI=1S/C26H27NO4/c1-6-20(26(28)31-7-2)25(27-19-13-15-23(29-4)24(16-19)30-5)22-14-12-18-10-8-9-11-21(18)17(22)3/h6,8-16,27H,1,7H2,2-5H3/b25-20-. The van der Waals surface area contributed by atoms with E-state index in [2.05, 4.69) is 24.0 Å². The highest BCUT2D eigenvalue weighted by Gasteiger charge is 2.19. The number of nitrogens with one attached hydrogen (secondary N) is 1. The first-order chi connectivity index (χ1) is 15.0. The molecule has 0 amide bonds. The first kappa shape index (κ1) is 22.0. The van der Waals surface area contributed by atoms with Crippen LogP contribution < -0.4 is 14.8 Å². The second-order valence-electron chi connectivity index (χ2n) is 6.87. The zero-order valence-corrected chi connectivity index (χ0v) is 18.3. The monoisotopic (exact) mass is 417 g/mol. The molecule has 160 valence electrons. The van der Waals surface area contributed by atoms with Crippen LogP contribution >= 0.6 is 0 Å². The molecule has 0 saturated carbocycles. The van der Waals surface area contributed by atoms with Crippen LogP contribution in [0.15, 0.2) is 72.8 Å². The van der Waals surface area contributed by atoms with Gasteiger partial charge < -0.3 is 19.5 Å². The van der Waals surface area contributed by atoms with Crippen molar-refractivity contribution in [3.63, 3.8) is 0 Å². The summed E-state index contributed by atoms with van der Waals surface area (Å²) in [4.78, 5) is 12.7. The predicted molar refractivity (Wildman–Crippen MR) is 126 cm³/mol. The molecule has 3 aromatic rings. The van der Waals surface area contributed by atoms with Gasteiger partial charge in [-0.3, -0.25) is 0 Å². The summed E-state index contributed by atoms with van der Waals surface area (Å²) in [5, 5.41) is 5.63. The van der Waals surface area contributed by atoms with E-state index in [9.17, 15) is 4.79 Å². The summed E-state index contributed by atoms with van der Waals surface area (Å²) in [7, 11) is 3.17. The number of hydrogen-bond acceptors (Lipinski definition) is 5. The smallest absolute Gasteiger partial charge is 0.340 e. The van der Waals surface area contributed by atoms with Crippen LogP contribution in [-0.4, -0.2) is 26.8 Å². The molecule has 1 N–H and O–H groups in total. The average molecular weight is 418 g/mol. The Kier molecular flexibility index (Phi) is 6.98. The number of rotatable bonds is 8. The normalized spacial score (nSPS) is 11.5. The second-order valence-corrected chi connectivity index (χ2v) is 6.87. The Morgan fingerprint density at radius 3 is 2.45 bits per heavy atom. The minimum Gasteiger partial charge on any atom is -0.493 e. The number of ether oxygens (including phenoxy) is 3. The Morgan fingerprint density at radius 1 is 1.03 bits per heavy atom. The molecule has 0 unspecified atom stereocenters. The Bertz CT molecular complexity index is 1150. The number of benzene rings is 3. The molecule has 0 atom stereocenters. The third-order valence-corrected chi connectivity index (χ3v) is 5.09. The Morgan fingerprint density at radius 2 is 1.77 bits per heavy atom. The molecule has 31 heavy (non-hydrogen) atoms. The van der Waals surface area contributed by atoms with E-state index in [1.807, 2.05) is 49.4 Å². The maximum atomic E-state index is 12.7. The van der Waals surface area contributed by atoms with Gasteiger partial charge in [-0.05, 0) is 42.3 Å². The van der Waals surface area contributed by atoms with Crippen molar-refractivity contribution in [1.29, 1.82) is 0 Å². The SMILES string of the molecule is C=C/C(C(=O)OCC)=C(/Nc1ccc(OC)c(OC)c1)c1ccc2ccccc2c1C. The number of carbonyl (C=O) groups is 1. The number of fused-ring (bicyclic) bond motifs is 1. The van der Waals surface area contributed by atoms with E-state index < -0.39 is 5.97 Å². The van der Waals surface area contributed by atoms with E-state index in [4.69, 9.17) is 14.2 Å². The third-order valence-electron chi connectivity index (χ3n) is 5.09. The summed E-state index contributed by atoms with van der Waals surface area (Å²) in [5.41, 5.74) is 3.64. The molecule has 5 heteroatoms. The maximum Gasteiger partial charge on any atom is 0.340 e. The van der Waals surface area contributed by atoms with Gasteiger partial charge in [-0.2, -0.15) is 0 Å². The van der Waals surface area contributed by atoms with Crippen molar-refractivity contribution >= 4 is 28.1 Å². The van der Waals surface area contributed by atoms with Crippen LogP contribution in [0.3, 0.4) is 0 Å². The molecule has 0 bridgehead atoms. The Hall–Kier alpha value is -3.73. The van der Waals surface area contributed by atoms with Crippen LogP contribution in [0.2, 0.25) is 0 Å². The number of carbonyl (C=O) groups excluding carboxylic acids is 1. The van der Waals surface area contributed by atoms with Crippen molar-refractivity contribution in [2.45, 2.75) is 13.8 Å². The van der Waals surface area contributed by atoms with Gasteiger partial charge in [-0.25, -0.2) is 4.79 Å². The van der Waals surface area contributed by atoms with Gasteiger partial charge in [0.05, 0.1) is 32.1 Å². The van der Waals surface area contributed by atoms with Crippen LogP contribution in [0.25, 0.3) is 16.5 Å². The van der Waals surface area contributed by atoms with Crippen molar-refractivity contribution in [2.24, 2.45) is 0 Å². The second kappa shape index (κ2) is 9.85. The summed E-state index contributed by atoms with van der Waals surface area (Å²) in [6.45, 7) is 7.96. The molecule has 0 aliphatic heterocycles. The Balaban J connectivity index is 2.20. The van der Waals surface area contributed by atoms with E-state index >= 15 is 0 Å². The lowest BCUT2D eigenvalue weighted by atomic mass is 9.95. The minimum atomic E-state index is -0.437. The van der Waals surface area contributed by atoms with Crippen molar-refractivity contribution in [1.82, 2.24) is 0 Å². The fraction of sp³-hybridized carbons (Fsp3) is 0.192. The molecular formula is C26H27NO4. The van der Waals surface area contributed by atoms with Gasteiger partial charge in [0.2, 0.25) is 0 Å². The maximum absolute atomic E-state index is 12.7. The molecule has 3 rings (SSSR count). The van der Waals surface area contributed by atoms with E-state index in [1.165, 1.54) is 6.08 Å². The van der Waals surface area contributed by atoms with E-state index in [-0.39, 0.29) is 6.61 Å². The molecule has 0 fully saturated rings. The predicted octanol–water partition coefficient (Wildman–Crippen LogP) is 5.74. The summed E-state index contributed by atoms with van der Waals surface area (Å²) in [5.74, 6) is 0.765. The summed E-state index contributed by atoms with van der Waals surface area (Å²) < 4.78 is 16.0. The molecule has 0 heterocycles. The van der Waals surface area contributed by atoms with Crippen LogP contribution in [0.4, 0.5) is 5.69 Å². The largest absolute Gasteiger partial charge is 0.493 e. The molecule has 0 spiro atoms. The zero-order valence-electron chi connectivity index (χ0n) is 18.3. The van der Waals surface area contributed by atoms with Gasteiger partial charge in [0.1, 0.15) is 0 Å². The number of methoxy groups -OCH3 is 2. The van der Waals surface area contributed by atoms with Crippen molar-refractivity contribution in [2.75, 3.05) is 26.1 Å². The molecule has 0 aliphatic carbocycles. The van der Waals surface area contributed by atoms with Gasteiger partial charge >= 0.3 is 5.97 Å². The quantitative estimate of drug-likeness (QED) is 0.288. The van der Waals surface area contributed by atoms with Crippen molar-refractivity contribution < 1.29 is 19.0 Å². The first-order valence-electron chi connectivity index (χ1n) is 10.1. The first-order valence-corrected chi connectivity index (χ1v) is 10.1. The fourth-order valence-electron chi connectivity index (χ4n) is 3.53.